The molecule has 2 aliphatic heterocycles. The fraction of sp³-hybridized carbons (Fsp3) is 0.500. The monoisotopic (exact) mass is 238 g/mol. The number of amidine groups is 1. The average molecular weight is 238 g/mol. The highest BCUT2D eigenvalue weighted by atomic mass is 16.7. The average Bonchev–Trinajstić information content (AvgIpc) is 2.39. The number of allylic oxidation sites excluding steroid dienone is 1. The van der Waals surface area contributed by atoms with Gasteiger partial charge in [-0.1, -0.05) is 6.42 Å². The third kappa shape index (κ3) is 2.62. The second-order valence-electron chi connectivity index (χ2n) is 3.95. The van der Waals surface area contributed by atoms with Gasteiger partial charge < -0.3 is 15.7 Å². The van der Waals surface area contributed by atoms with Crippen molar-refractivity contribution in [3.63, 3.8) is 0 Å². The molecule has 2 heterocycles. The Hall–Kier alpha value is -1.89. The van der Waals surface area contributed by atoms with E-state index in [1.165, 1.54) is 12.3 Å². The highest BCUT2D eigenvalue weighted by Gasteiger charge is 2.24. The first-order chi connectivity index (χ1) is 8.18. The van der Waals surface area contributed by atoms with E-state index in [1.807, 2.05) is 0 Å². The Morgan fingerprint density at radius 1 is 1.59 bits per heavy atom. The lowest BCUT2D eigenvalue weighted by atomic mass is 10.0. The highest BCUT2D eigenvalue weighted by molar-refractivity contribution is 5.90. The van der Waals surface area contributed by atoms with Crippen molar-refractivity contribution in [1.29, 1.82) is 0 Å². The van der Waals surface area contributed by atoms with Gasteiger partial charge in [0, 0.05) is 6.20 Å². The molecular formula is C10H14N4O3. The predicted octanol–water partition coefficient (Wildman–Crippen LogP) is 0.648. The number of hydrogen-bond donors (Lipinski definition) is 3. The Labute approximate surface area is 98.1 Å². The molecule has 17 heavy (non-hydrogen) atoms. The zero-order valence-electron chi connectivity index (χ0n) is 9.22. The number of aliphatic imine (C=N–C) groups is 1. The molecule has 2 rings (SSSR count). The molecule has 7 nitrogen and oxygen atoms in total. The summed E-state index contributed by atoms with van der Waals surface area (Å²) in [6.45, 7) is 0.912. The van der Waals surface area contributed by atoms with Gasteiger partial charge in [-0.3, -0.25) is 10.1 Å². The summed E-state index contributed by atoms with van der Waals surface area (Å²) in [5.41, 5.74) is 0.0763. The van der Waals surface area contributed by atoms with Crippen molar-refractivity contribution in [3.05, 3.63) is 34.0 Å². The van der Waals surface area contributed by atoms with Gasteiger partial charge in [0.15, 0.2) is 5.70 Å². The van der Waals surface area contributed by atoms with E-state index in [9.17, 15) is 15.2 Å². The molecule has 7 heteroatoms. The normalized spacial score (nSPS) is 27.1. The van der Waals surface area contributed by atoms with E-state index in [1.54, 1.807) is 0 Å². The van der Waals surface area contributed by atoms with Crippen LogP contribution in [0.4, 0.5) is 0 Å². The minimum Gasteiger partial charge on any atom is -0.454 e. The molecule has 0 saturated carbocycles. The van der Waals surface area contributed by atoms with E-state index < -0.39 is 10.8 Å². The van der Waals surface area contributed by atoms with Crippen LogP contribution in [0.5, 0.6) is 0 Å². The smallest absolute Gasteiger partial charge is 0.449 e. The second kappa shape index (κ2) is 4.96. The Bertz CT molecular complexity index is 408. The number of aliphatic hydroxyl groups excluding tert-OH is 1. The summed E-state index contributed by atoms with van der Waals surface area (Å²) < 4.78 is 0. The summed E-state index contributed by atoms with van der Waals surface area (Å²) in [5.74, 6) is -0.264. The Morgan fingerprint density at radius 3 is 3.06 bits per heavy atom. The van der Waals surface area contributed by atoms with Gasteiger partial charge >= 0.3 is 5.88 Å². The van der Waals surface area contributed by atoms with Crippen LogP contribution in [0, 0.1) is 10.1 Å². The molecule has 1 fully saturated rings. The van der Waals surface area contributed by atoms with E-state index >= 15 is 0 Å². The fourth-order valence-corrected chi connectivity index (χ4v) is 1.90. The number of hydrogen-bond acceptors (Lipinski definition) is 6. The van der Waals surface area contributed by atoms with Crippen LogP contribution < -0.4 is 10.6 Å². The molecule has 1 unspecified atom stereocenters. The summed E-state index contributed by atoms with van der Waals surface area (Å²) >= 11 is 0. The molecule has 0 aliphatic carbocycles. The van der Waals surface area contributed by atoms with Gasteiger partial charge in [0.1, 0.15) is 10.8 Å². The lowest BCUT2D eigenvalue weighted by Gasteiger charge is -2.26. The minimum absolute atomic E-state index is 0.0725. The second-order valence-corrected chi connectivity index (χ2v) is 3.95. The summed E-state index contributed by atoms with van der Waals surface area (Å²) in [6.07, 6.45) is 6.00. The molecule has 0 aromatic rings. The Morgan fingerprint density at radius 2 is 2.41 bits per heavy atom. The maximum atomic E-state index is 10.4. The molecule has 1 atom stereocenters. The van der Waals surface area contributed by atoms with Crippen LogP contribution in [0.2, 0.25) is 0 Å². The Kier molecular flexibility index (Phi) is 3.38. The first kappa shape index (κ1) is 11.6. The van der Waals surface area contributed by atoms with Gasteiger partial charge in [-0.25, -0.2) is 4.99 Å². The SMILES string of the molecule is O=[N+]([O-])C(O)=C1C=CN=C(C2CCCCN2)N1. The third-order valence-corrected chi connectivity index (χ3v) is 2.77. The summed E-state index contributed by atoms with van der Waals surface area (Å²) in [7, 11) is 0. The van der Waals surface area contributed by atoms with Crippen molar-refractivity contribution in [2.75, 3.05) is 6.54 Å². The maximum absolute atomic E-state index is 10.4. The minimum atomic E-state index is -0.885. The van der Waals surface area contributed by atoms with Crippen molar-refractivity contribution in [2.45, 2.75) is 25.3 Å². The first-order valence-corrected chi connectivity index (χ1v) is 5.51. The molecule has 92 valence electrons. The zero-order chi connectivity index (χ0) is 12.3. The van der Waals surface area contributed by atoms with Gasteiger partial charge in [-0.15, -0.1) is 0 Å². The topological polar surface area (TPSA) is 99.8 Å². The number of rotatable bonds is 2. The van der Waals surface area contributed by atoms with Crippen LogP contribution in [0.15, 0.2) is 28.8 Å². The van der Waals surface area contributed by atoms with Gasteiger partial charge in [0.25, 0.3) is 0 Å². The molecule has 0 radical (unpaired) electrons. The quantitative estimate of drug-likeness (QED) is 0.372. The van der Waals surface area contributed by atoms with Crippen LogP contribution >= 0.6 is 0 Å². The summed E-state index contributed by atoms with van der Waals surface area (Å²) in [6, 6.07) is 0.0725. The van der Waals surface area contributed by atoms with Gasteiger partial charge in [-0.05, 0) is 25.5 Å². The van der Waals surface area contributed by atoms with Crippen LogP contribution in [-0.4, -0.2) is 28.5 Å². The van der Waals surface area contributed by atoms with E-state index in [4.69, 9.17) is 0 Å². The molecule has 0 amide bonds. The molecule has 1 saturated heterocycles. The van der Waals surface area contributed by atoms with E-state index in [0.29, 0.717) is 5.84 Å². The highest BCUT2D eigenvalue weighted by Crippen LogP contribution is 2.12. The van der Waals surface area contributed by atoms with Gasteiger partial charge in [-0.2, -0.15) is 0 Å². The molecule has 3 N–H and O–H groups in total. The van der Waals surface area contributed by atoms with Crippen LogP contribution in [0.25, 0.3) is 0 Å². The maximum Gasteiger partial charge on any atom is 0.449 e. The van der Waals surface area contributed by atoms with Crippen molar-refractivity contribution in [1.82, 2.24) is 10.6 Å². The fourth-order valence-electron chi connectivity index (χ4n) is 1.90. The standard InChI is InChI=1S/C10H14N4O3/c15-10(14(16)17)8-4-6-12-9(13-8)7-3-1-2-5-11-7/h4,6-7,11,15H,1-3,5H2,(H,12,13). The largest absolute Gasteiger partial charge is 0.454 e. The lowest BCUT2D eigenvalue weighted by molar-refractivity contribution is -0.460. The molecule has 0 bridgehead atoms. The van der Waals surface area contributed by atoms with Crippen LogP contribution in [-0.2, 0) is 0 Å². The molecule has 2 aliphatic rings. The predicted molar refractivity (Wildman–Crippen MR) is 62.0 cm³/mol. The first-order valence-electron chi connectivity index (χ1n) is 5.51. The van der Waals surface area contributed by atoms with Crippen molar-refractivity contribution >= 4 is 5.84 Å². The molecule has 0 spiro atoms. The van der Waals surface area contributed by atoms with Crippen molar-refractivity contribution in [2.24, 2.45) is 4.99 Å². The number of nitro groups is 1. The third-order valence-electron chi connectivity index (χ3n) is 2.77. The number of piperidine rings is 1. The van der Waals surface area contributed by atoms with Crippen molar-refractivity contribution < 1.29 is 10.0 Å². The zero-order valence-corrected chi connectivity index (χ0v) is 9.22. The van der Waals surface area contributed by atoms with Crippen LogP contribution in [0.3, 0.4) is 0 Å². The van der Waals surface area contributed by atoms with Crippen molar-refractivity contribution in [3.8, 4) is 0 Å². The van der Waals surface area contributed by atoms with Gasteiger partial charge in [0.2, 0.25) is 0 Å². The Balaban J connectivity index is 2.12. The van der Waals surface area contributed by atoms with E-state index in [-0.39, 0.29) is 11.7 Å². The molecular weight excluding hydrogens is 224 g/mol. The number of nitrogens with zero attached hydrogens (tertiary/aromatic N) is 2. The summed E-state index contributed by atoms with van der Waals surface area (Å²) in [4.78, 5) is 13.8. The number of aliphatic hydroxyl groups is 1. The molecule has 0 aromatic carbocycles. The molecule has 0 aromatic heterocycles. The lowest BCUT2D eigenvalue weighted by Crippen LogP contribution is -2.47. The van der Waals surface area contributed by atoms with E-state index in [0.717, 1.165) is 25.8 Å². The summed E-state index contributed by atoms with van der Waals surface area (Å²) in [5, 5.41) is 25.8. The number of nitrogens with one attached hydrogen (secondary N) is 2. The van der Waals surface area contributed by atoms with E-state index in [2.05, 4.69) is 15.6 Å². The van der Waals surface area contributed by atoms with Gasteiger partial charge in [0.05, 0.1) is 6.04 Å². The van der Waals surface area contributed by atoms with Crippen LogP contribution in [0.1, 0.15) is 19.3 Å².